The largest absolute Gasteiger partial charge is 0.339 e. The number of hydrogen-bond donors (Lipinski definition) is 1. The Morgan fingerprint density at radius 3 is 2.81 bits per heavy atom. The molecular formula is C11H9BrFN3. The molecule has 16 heavy (non-hydrogen) atoms. The van der Waals surface area contributed by atoms with Crippen LogP contribution in [0.4, 0.5) is 15.9 Å². The molecule has 0 saturated heterocycles. The van der Waals surface area contributed by atoms with Gasteiger partial charge >= 0.3 is 0 Å². The molecule has 3 nitrogen and oxygen atoms in total. The van der Waals surface area contributed by atoms with Crippen molar-refractivity contribution in [1.29, 1.82) is 0 Å². The van der Waals surface area contributed by atoms with Crippen molar-refractivity contribution in [2.45, 2.75) is 6.92 Å². The number of halogens is 2. The summed E-state index contributed by atoms with van der Waals surface area (Å²) >= 11 is 3.31. The Labute approximate surface area is 101 Å². The van der Waals surface area contributed by atoms with E-state index in [9.17, 15) is 4.39 Å². The number of nitrogens with zero attached hydrogens (tertiary/aromatic N) is 2. The van der Waals surface area contributed by atoms with Crippen LogP contribution >= 0.6 is 15.9 Å². The van der Waals surface area contributed by atoms with E-state index < -0.39 is 0 Å². The van der Waals surface area contributed by atoms with E-state index in [1.54, 1.807) is 6.20 Å². The lowest BCUT2D eigenvalue weighted by molar-refractivity contribution is 0.627. The Kier molecular flexibility index (Phi) is 3.14. The molecule has 1 aromatic heterocycles. The third-order valence-electron chi connectivity index (χ3n) is 1.97. The lowest BCUT2D eigenvalue weighted by Crippen LogP contribution is -1.96. The molecule has 1 N–H and O–H groups in total. The zero-order chi connectivity index (χ0) is 11.5. The monoisotopic (exact) mass is 281 g/mol. The van der Waals surface area contributed by atoms with Gasteiger partial charge < -0.3 is 5.32 Å². The normalized spacial score (nSPS) is 10.2. The van der Waals surface area contributed by atoms with Gasteiger partial charge in [-0.25, -0.2) is 14.4 Å². The molecular weight excluding hydrogens is 273 g/mol. The summed E-state index contributed by atoms with van der Waals surface area (Å²) in [6, 6.07) is 4.74. The Hall–Kier alpha value is -1.49. The minimum Gasteiger partial charge on any atom is -0.339 e. The predicted octanol–water partition coefficient (Wildman–Crippen LogP) is 3.43. The maximum atomic E-state index is 13.1. The molecule has 0 amide bonds. The Balaban J connectivity index is 2.30. The van der Waals surface area contributed by atoms with E-state index in [0.717, 1.165) is 10.0 Å². The highest BCUT2D eigenvalue weighted by Gasteiger charge is 2.03. The fraction of sp³-hybridized carbons (Fsp3) is 0.0909. The number of benzene rings is 1. The van der Waals surface area contributed by atoms with Gasteiger partial charge in [0.25, 0.3) is 0 Å². The van der Waals surface area contributed by atoms with Gasteiger partial charge in [0.2, 0.25) is 0 Å². The lowest BCUT2D eigenvalue weighted by atomic mass is 10.2. The molecule has 5 heteroatoms. The molecule has 0 fully saturated rings. The van der Waals surface area contributed by atoms with Crippen LogP contribution in [-0.4, -0.2) is 9.97 Å². The summed E-state index contributed by atoms with van der Waals surface area (Å²) in [5.41, 5.74) is 1.52. The number of aromatic nitrogens is 2. The zero-order valence-corrected chi connectivity index (χ0v) is 10.1. The summed E-state index contributed by atoms with van der Waals surface area (Å²) in [5.74, 6) is 0.340. The Morgan fingerprint density at radius 2 is 2.12 bits per heavy atom. The number of aryl methyl sites for hydroxylation is 1. The topological polar surface area (TPSA) is 37.8 Å². The van der Waals surface area contributed by atoms with E-state index in [2.05, 4.69) is 31.2 Å². The first-order chi connectivity index (χ1) is 7.65. The van der Waals surface area contributed by atoms with Crippen LogP contribution in [0.25, 0.3) is 0 Å². The molecule has 0 unspecified atom stereocenters. The molecule has 2 rings (SSSR count). The summed E-state index contributed by atoms with van der Waals surface area (Å²) < 4.78 is 13.9. The van der Waals surface area contributed by atoms with Crippen molar-refractivity contribution in [2.75, 3.05) is 5.32 Å². The molecule has 82 valence electrons. The molecule has 1 aromatic carbocycles. The first kappa shape index (κ1) is 11.0. The highest BCUT2D eigenvalue weighted by Crippen LogP contribution is 2.23. The average Bonchev–Trinajstić information content (AvgIpc) is 2.20. The van der Waals surface area contributed by atoms with E-state index in [4.69, 9.17) is 0 Å². The quantitative estimate of drug-likeness (QED) is 0.917. The molecule has 1 heterocycles. The SMILES string of the molecule is Cc1cc(F)cc(Nc2ncncc2Br)c1. The van der Waals surface area contributed by atoms with Gasteiger partial charge in [-0.15, -0.1) is 0 Å². The fourth-order valence-corrected chi connectivity index (χ4v) is 1.67. The molecule has 0 aliphatic heterocycles. The van der Waals surface area contributed by atoms with Crippen LogP contribution in [0.1, 0.15) is 5.56 Å². The minimum absolute atomic E-state index is 0.271. The second-order valence-electron chi connectivity index (χ2n) is 3.36. The van der Waals surface area contributed by atoms with Crippen molar-refractivity contribution < 1.29 is 4.39 Å². The van der Waals surface area contributed by atoms with Crippen LogP contribution in [0, 0.1) is 12.7 Å². The van der Waals surface area contributed by atoms with Crippen molar-refractivity contribution in [3.05, 3.63) is 46.6 Å². The number of anilines is 2. The van der Waals surface area contributed by atoms with E-state index >= 15 is 0 Å². The van der Waals surface area contributed by atoms with Crippen molar-refractivity contribution in [3.63, 3.8) is 0 Å². The molecule has 2 aromatic rings. The fourth-order valence-electron chi connectivity index (χ4n) is 1.35. The maximum absolute atomic E-state index is 13.1. The van der Waals surface area contributed by atoms with Gasteiger partial charge in [0, 0.05) is 11.9 Å². The van der Waals surface area contributed by atoms with Crippen molar-refractivity contribution in [1.82, 2.24) is 9.97 Å². The van der Waals surface area contributed by atoms with Crippen LogP contribution in [0.2, 0.25) is 0 Å². The maximum Gasteiger partial charge on any atom is 0.148 e. The number of nitrogens with one attached hydrogen (secondary N) is 1. The predicted molar refractivity (Wildman–Crippen MR) is 64.2 cm³/mol. The molecule has 0 aliphatic carbocycles. The van der Waals surface area contributed by atoms with Crippen LogP contribution in [0.3, 0.4) is 0 Å². The number of hydrogen-bond acceptors (Lipinski definition) is 3. The highest BCUT2D eigenvalue weighted by atomic mass is 79.9. The van der Waals surface area contributed by atoms with Crippen LogP contribution < -0.4 is 5.32 Å². The van der Waals surface area contributed by atoms with Gasteiger partial charge in [-0.3, -0.25) is 0 Å². The molecule has 0 aliphatic rings. The molecule has 0 spiro atoms. The second kappa shape index (κ2) is 4.57. The molecule has 0 saturated carbocycles. The van der Waals surface area contributed by atoms with Crippen molar-refractivity contribution in [3.8, 4) is 0 Å². The van der Waals surface area contributed by atoms with Crippen molar-refractivity contribution >= 4 is 27.4 Å². The van der Waals surface area contributed by atoms with Gasteiger partial charge in [-0.2, -0.15) is 0 Å². The Bertz CT molecular complexity index is 496. The number of rotatable bonds is 2. The minimum atomic E-state index is -0.271. The van der Waals surface area contributed by atoms with Gasteiger partial charge in [0.05, 0.1) is 4.47 Å². The molecule has 0 radical (unpaired) electrons. The highest BCUT2D eigenvalue weighted by molar-refractivity contribution is 9.10. The summed E-state index contributed by atoms with van der Waals surface area (Å²) in [4.78, 5) is 7.89. The van der Waals surface area contributed by atoms with E-state index in [-0.39, 0.29) is 5.82 Å². The molecule has 0 atom stereocenters. The summed E-state index contributed by atoms with van der Waals surface area (Å²) in [6.07, 6.45) is 3.06. The summed E-state index contributed by atoms with van der Waals surface area (Å²) in [5, 5.41) is 3.02. The third kappa shape index (κ3) is 2.55. The van der Waals surface area contributed by atoms with Gasteiger partial charge in [-0.05, 0) is 46.6 Å². The standard InChI is InChI=1S/C11H9BrFN3/c1-7-2-8(13)4-9(3-7)16-11-10(12)5-14-6-15-11/h2-6H,1H3,(H,14,15,16). The first-order valence-electron chi connectivity index (χ1n) is 4.65. The van der Waals surface area contributed by atoms with E-state index in [0.29, 0.717) is 11.5 Å². The van der Waals surface area contributed by atoms with Crippen LogP contribution in [0.5, 0.6) is 0 Å². The van der Waals surface area contributed by atoms with Gasteiger partial charge in [0.1, 0.15) is 18.0 Å². The van der Waals surface area contributed by atoms with E-state index in [1.165, 1.54) is 18.5 Å². The van der Waals surface area contributed by atoms with Gasteiger partial charge in [0.15, 0.2) is 0 Å². The zero-order valence-electron chi connectivity index (χ0n) is 8.54. The molecule has 0 bridgehead atoms. The van der Waals surface area contributed by atoms with E-state index in [1.807, 2.05) is 13.0 Å². The summed E-state index contributed by atoms with van der Waals surface area (Å²) in [6.45, 7) is 1.84. The average molecular weight is 282 g/mol. The van der Waals surface area contributed by atoms with Crippen molar-refractivity contribution in [2.24, 2.45) is 0 Å². The third-order valence-corrected chi connectivity index (χ3v) is 2.55. The Morgan fingerprint density at radius 1 is 1.31 bits per heavy atom. The van der Waals surface area contributed by atoms with Gasteiger partial charge in [-0.1, -0.05) is 0 Å². The first-order valence-corrected chi connectivity index (χ1v) is 5.44. The second-order valence-corrected chi connectivity index (χ2v) is 4.22. The summed E-state index contributed by atoms with van der Waals surface area (Å²) in [7, 11) is 0. The smallest absolute Gasteiger partial charge is 0.148 e. The van der Waals surface area contributed by atoms with Crippen LogP contribution in [0.15, 0.2) is 35.2 Å². The lowest BCUT2D eigenvalue weighted by Gasteiger charge is -2.07. The van der Waals surface area contributed by atoms with Crippen LogP contribution in [-0.2, 0) is 0 Å².